The van der Waals surface area contributed by atoms with Crippen LogP contribution >= 0.6 is 0 Å². The molecular formula is C11H19F3N2O. The number of piperidine rings is 1. The molecule has 0 aromatic heterocycles. The summed E-state index contributed by atoms with van der Waals surface area (Å²) in [6, 6.07) is 0.179. The normalized spacial score (nSPS) is 25.6. The third-order valence-electron chi connectivity index (χ3n) is 3.08. The van der Waals surface area contributed by atoms with Gasteiger partial charge in [0.05, 0.1) is 6.42 Å². The molecule has 6 heteroatoms. The van der Waals surface area contributed by atoms with E-state index in [1.165, 1.54) is 0 Å². The molecule has 1 fully saturated rings. The van der Waals surface area contributed by atoms with Crippen molar-refractivity contribution in [3.63, 3.8) is 0 Å². The Bertz CT molecular complexity index is 256. The number of hydrogen-bond acceptors (Lipinski definition) is 2. The number of alkyl halides is 3. The number of rotatable bonds is 4. The van der Waals surface area contributed by atoms with E-state index in [4.69, 9.17) is 0 Å². The van der Waals surface area contributed by atoms with Crippen molar-refractivity contribution >= 4 is 5.91 Å². The Hall–Kier alpha value is -0.780. The lowest BCUT2D eigenvalue weighted by Gasteiger charge is -2.30. The summed E-state index contributed by atoms with van der Waals surface area (Å²) in [5.74, 6) is -0.0754. The molecule has 1 rings (SSSR count). The second kappa shape index (κ2) is 6.23. The van der Waals surface area contributed by atoms with Crippen LogP contribution in [0.5, 0.6) is 0 Å². The molecule has 1 heterocycles. The fourth-order valence-corrected chi connectivity index (χ4v) is 1.95. The van der Waals surface area contributed by atoms with Crippen LogP contribution in [0, 0.1) is 5.92 Å². The third kappa shape index (κ3) is 5.91. The first-order valence-electron chi connectivity index (χ1n) is 5.95. The summed E-state index contributed by atoms with van der Waals surface area (Å²) in [6.45, 7) is 3.41. The lowest BCUT2D eigenvalue weighted by atomic mass is 9.93. The van der Waals surface area contributed by atoms with Gasteiger partial charge in [-0.3, -0.25) is 4.79 Å². The highest BCUT2D eigenvalue weighted by atomic mass is 19.4. The zero-order valence-electron chi connectivity index (χ0n) is 9.94. The average Bonchev–Trinajstić information content (AvgIpc) is 2.24. The van der Waals surface area contributed by atoms with Crippen LogP contribution < -0.4 is 10.6 Å². The van der Waals surface area contributed by atoms with Crippen LogP contribution in [-0.2, 0) is 4.79 Å². The van der Waals surface area contributed by atoms with Gasteiger partial charge in [0.1, 0.15) is 0 Å². The summed E-state index contributed by atoms with van der Waals surface area (Å²) >= 11 is 0. The number of nitrogens with one attached hydrogen (secondary N) is 2. The molecule has 2 N–H and O–H groups in total. The molecular weight excluding hydrogens is 233 g/mol. The largest absolute Gasteiger partial charge is 0.389 e. The standard InChI is InChI=1S/C11H19F3N2O/c1-8-3-2-6-15-9(8)7-16-10(17)4-5-11(12,13)14/h8-9,15H,2-7H2,1H3,(H,16,17)/t8-,9+/m0/s1. The molecule has 1 amide bonds. The molecule has 17 heavy (non-hydrogen) atoms. The smallest absolute Gasteiger partial charge is 0.355 e. The van der Waals surface area contributed by atoms with E-state index in [2.05, 4.69) is 17.6 Å². The first-order chi connectivity index (χ1) is 7.88. The predicted octanol–water partition coefficient (Wildman–Crippen LogP) is 1.83. The highest BCUT2D eigenvalue weighted by Crippen LogP contribution is 2.21. The van der Waals surface area contributed by atoms with Crippen molar-refractivity contribution in [3.8, 4) is 0 Å². The summed E-state index contributed by atoms with van der Waals surface area (Å²) < 4.78 is 35.6. The van der Waals surface area contributed by atoms with Crippen molar-refractivity contribution in [2.24, 2.45) is 5.92 Å². The van der Waals surface area contributed by atoms with Crippen LogP contribution in [-0.4, -0.2) is 31.2 Å². The highest BCUT2D eigenvalue weighted by Gasteiger charge is 2.28. The van der Waals surface area contributed by atoms with E-state index in [-0.39, 0.29) is 6.04 Å². The topological polar surface area (TPSA) is 41.1 Å². The number of carbonyl (C=O) groups excluding carboxylic acids is 1. The molecule has 1 aliphatic heterocycles. The molecule has 100 valence electrons. The molecule has 0 aromatic carbocycles. The van der Waals surface area contributed by atoms with Crippen molar-refractivity contribution in [2.75, 3.05) is 13.1 Å². The summed E-state index contributed by atoms with van der Waals surface area (Å²) in [5.41, 5.74) is 0. The number of carbonyl (C=O) groups is 1. The molecule has 0 saturated carbocycles. The zero-order valence-corrected chi connectivity index (χ0v) is 9.94. The average molecular weight is 252 g/mol. The third-order valence-corrected chi connectivity index (χ3v) is 3.08. The number of hydrogen-bond donors (Lipinski definition) is 2. The van der Waals surface area contributed by atoms with Crippen molar-refractivity contribution in [3.05, 3.63) is 0 Å². The van der Waals surface area contributed by atoms with Crippen molar-refractivity contribution < 1.29 is 18.0 Å². The van der Waals surface area contributed by atoms with E-state index >= 15 is 0 Å². The minimum Gasteiger partial charge on any atom is -0.355 e. The van der Waals surface area contributed by atoms with Gasteiger partial charge in [-0.2, -0.15) is 13.2 Å². The molecule has 0 aliphatic carbocycles. The van der Waals surface area contributed by atoms with E-state index in [0.29, 0.717) is 12.5 Å². The van der Waals surface area contributed by atoms with Crippen LogP contribution in [0.4, 0.5) is 13.2 Å². The van der Waals surface area contributed by atoms with Crippen LogP contribution in [0.15, 0.2) is 0 Å². The van der Waals surface area contributed by atoms with Crippen molar-refractivity contribution in [2.45, 2.75) is 44.8 Å². The Morgan fingerprint density at radius 3 is 2.76 bits per heavy atom. The molecule has 1 aliphatic rings. The lowest BCUT2D eigenvalue weighted by Crippen LogP contribution is -2.47. The SMILES string of the molecule is C[C@H]1CCCN[C@@H]1CNC(=O)CCC(F)(F)F. The Kier molecular flexibility index (Phi) is 5.24. The van der Waals surface area contributed by atoms with Gasteiger partial charge >= 0.3 is 6.18 Å². The quantitative estimate of drug-likeness (QED) is 0.801. The maximum Gasteiger partial charge on any atom is 0.389 e. The van der Waals surface area contributed by atoms with Crippen molar-refractivity contribution in [1.29, 1.82) is 0 Å². The van der Waals surface area contributed by atoms with Gasteiger partial charge in [0, 0.05) is 19.0 Å². The number of amides is 1. The van der Waals surface area contributed by atoms with Gasteiger partial charge in [0.2, 0.25) is 5.91 Å². The summed E-state index contributed by atoms with van der Waals surface area (Å²) in [4.78, 5) is 11.2. The monoisotopic (exact) mass is 252 g/mol. The van der Waals surface area contributed by atoms with Gasteiger partial charge in [-0.15, -0.1) is 0 Å². The maximum absolute atomic E-state index is 11.9. The first-order valence-corrected chi connectivity index (χ1v) is 5.95. The Morgan fingerprint density at radius 2 is 2.18 bits per heavy atom. The molecule has 1 saturated heterocycles. The minimum atomic E-state index is -4.26. The molecule has 0 bridgehead atoms. The highest BCUT2D eigenvalue weighted by molar-refractivity contribution is 5.75. The predicted molar refractivity (Wildman–Crippen MR) is 58.5 cm³/mol. The zero-order chi connectivity index (χ0) is 12.9. The molecule has 0 unspecified atom stereocenters. The Morgan fingerprint density at radius 1 is 1.47 bits per heavy atom. The van der Waals surface area contributed by atoms with Gasteiger partial charge in [0.25, 0.3) is 0 Å². The molecule has 3 nitrogen and oxygen atoms in total. The van der Waals surface area contributed by atoms with Gasteiger partial charge < -0.3 is 10.6 Å². The maximum atomic E-state index is 11.9. The van der Waals surface area contributed by atoms with Gasteiger partial charge in [0.15, 0.2) is 0 Å². The second-order valence-electron chi connectivity index (χ2n) is 4.60. The van der Waals surface area contributed by atoms with E-state index in [9.17, 15) is 18.0 Å². The first kappa shape index (κ1) is 14.3. The fraction of sp³-hybridized carbons (Fsp3) is 0.909. The van der Waals surface area contributed by atoms with Crippen molar-refractivity contribution in [1.82, 2.24) is 10.6 Å². The van der Waals surface area contributed by atoms with Crippen LogP contribution in [0.2, 0.25) is 0 Å². The van der Waals surface area contributed by atoms with Crippen LogP contribution in [0.25, 0.3) is 0 Å². The van der Waals surface area contributed by atoms with Gasteiger partial charge in [-0.05, 0) is 25.3 Å². The van der Waals surface area contributed by atoms with E-state index in [1.54, 1.807) is 0 Å². The van der Waals surface area contributed by atoms with E-state index in [0.717, 1.165) is 19.4 Å². The van der Waals surface area contributed by atoms with Gasteiger partial charge in [-0.1, -0.05) is 6.92 Å². The summed E-state index contributed by atoms with van der Waals surface area (Å²) in [6.07, 6.45) is -3.58. The van der Waals surface area contributed by atoms with Crippen LogP contribution in [0.3, 0.4) is 0 Å². The van der Waals surface area contributed by atoms with Gasteiger partial charge in [-0.25, -0.2) is 0 Å². The van der Waals surface area contributed by atoms with Crippen LogP contribution in [0.1, 0.15) is 32.6 Å². The Labute approximate surface area is 99.1 Å². The van der Waals surface area contributed by atoms with E-state index in [1.807, 2.05) is 0 Å². The number of halogens is 3. The Balaban J connectivity index is 2.19. The van der Waals surface area contributed by atoms with E-state index < -0.39 is 24.9 Å². The summed E-state index contributed by atoms with van der Waals surface area (Å²) in [7, 11) is 0. The lowest BCUT2D eigenvalue weighted by molar-refractivity contribution is -0.144. The fourth-order valence-electron chi connectivity index (χ4n) is 1.95. The molecule has 0 radical (unpaired) electrons. The molecule has 0 aromatic rings. The second-order valence-corrected chi connectivity index (χ2v) is 4.60. The summed E-state index contributed by atoms with van der Waals surface area (Å²) in [5, 5.41) is 5.81. The molecule has 0 spiro atoms. The molecule has 2 atom stereocenters. The minimum absolute atomic E-state index is 0.179.